The van der Waals surface area contributed by atoms with Crippen molar-refractivity contribution in [3.8, 4) is 11.8 Å². The Morgan fingerprint density at radius 3 is 3.10 bits per heavy atom. The van der Waals surface area contributed by atoms with Crippen LogP contribution in [0.4, 0.5) is 11.5 Å². The lowest BCUT2D eigenvalue weighted by molar-refractivity contribution is 0.0342. The van der Waals surface area contributed by atoms with Crippen LogP contribution in [0.15, 0.2) is 24.3 Å². The summed E-state index contributed by atoms with van der Waals surface area (Å²) in [6.07, 6.45) is 3.80. The second-order valence-electron chi connectivity index (χ2n) is 6.77. The van der Waals surface area contributed by atoms with Gasteiger partial charge in [0.15, 0.2) is 5.82 Å². The van der Waals surface area contributed by atoms with E-state index in [0.29, 0.717) is 41.7 Å². The molecule has 148 valence electrons. The molecule has 0 bridgehead atoms. The van der Waals surface area contributed by atoms with Crippen LogP contribution >= 0.6 is 11.6 Å². The third kappa shape index (κ3) is 3.80. The van der Waals surface area contributed by atoms with E-state index in [-0.39, 0.29) is 23.3 Å². The number of nitrogens with one attached hydrogen (secondary N) is 1. The van der Waals surface area contributed by atoms with Crippen LogP contribution in [0.5, 0.6) is 5.75 Å². The molecule has 2 aliphatic heterocycles. The Morgan fingerprint density at radius 1 is 1.52 bits per heavy atom. The van der Waals surface area contributed by atoms with E-state index in [1.54, 1.807) is 22.9 Å². The van der Waals surface area contributed by atoms with Crippen LogP contribution in [0.25, 0.3) is 6.08 Å². The quantitative estimate of drug-likeness (QED) is 0.651. The summed E-state index contributed by atoms with van der Waals surface area (Å²) in [4.78, 5) is 11.9. The van der Waals surface area contributed by atoms with E-state index in [0.717, 1.165) is 0 Å². The molecule has 4 N–H and O–H groups in total. The fraction of sp³-hybridized carbons (Fsp3) is 0.278. The third-order valence-corrected chi connectivity index (χ3v) is 5.12. The van der Waals surface area contributed by atoms with Crippen molar-refractivity contribution in [3.05, 3.63) is 40.5 Å². The van der Waals surface area contributed by atoms with E-state index in [2.05, 4.69) is 16.5 Å². The molecule has 1 amide bonds. The van der Waals surface area contributed by atoms with Gasteiger partial charge < -0.3 is 25.5 Å². The summed E-state index contributed by atoms with van der Waals surface area (Å²) in [7, 11) is -1.05. The number of aromatic nitrogens is 2. The zero-order valence-corrected chi connectivity index (χ0v) is 16.0. The maximum Gasteiger partial charge on any atom is 0.552 e. The molecule has 1 aromatic carbocycles. The molecular formula is C18H17BClN5O4. The molecular weight excluding hydrogens is 396 g/mol. The summed E-state index contributed by atoms with van der Waals surface area (Å²) in [6, 6.07) is 5.30. The first-order chi connectivity index (χ1) is 14.0. The van der Waals surface area contributed by atoms with Crippen LogP contribution in [0.2, 0.25) is 5.02 Å². The highest BCUT2D eigenvalue weighted by Gasteiger charge is 2.30. The third-order valence-electron chi connectivity index (χ3n) is 4.84. The van der Waals surface area contributed by atoms with Crippen molar-refractivity contribution in [3.63, 3.8) is 0 Å². The van der Waals surface area contributed by atoms with Gasteiger partial charge in [-0.05, 0) is 24.5 Å². The molecule has 9 nitrogen and oxygen atoms in total. The number of hydrogen-bond donors (Lipinski definition) is 3. The van der Waals surface area contributed by atoms with Gasteiger partial charge in [-0.3, -0.25) is 9.48 Å². The van der Waals surface area contributed by atoms with E-state index < -0.39 is 13.0 Å². The van der Waals surface area contributed by atoms with Crippen LogP contribution in [0.1, 0.15) is 28.4 Å². The zero-order chi connectivity index (χ0) is 20.5. The molecule has 4 rings (SSSR count). The van der Waals surface area contributed by atoms with Gasteiger partial charge in [-0.1, -0.05) is 17.7 Å². The molecule has 2 aliphatic rings. The normalized spacial score (nSPS) is 20.5. The largest absolute Gasteiger partial charge is 0.552 e. The van der Waals surface area contributed by atoms with Gasteiger partial charge in [0.25, 0.3) is 5.91 Å². The molecule has 0 saturated carbocycles. The number of benzene rings is 1. The van der Waals surface area contributed by atoms with Gasteiger partial charge in [0.05, 0.1) is 29.7 Å². The van der Waals surface area contributed by atoms with Gasteiger partial charge in [-0.25, -0.2) is 0 Å². The molecule has 0 aliphatic carbocycles. The number of carbonyl (C=O) groups excluding carboxylic acids is 1. The average molecular weight is 414 g/mol. The molecule has 3 heterocycles. The standard InChI is InChI=1S/C18H17BClN5O4/c20-14-6-12(5-10-1-3-19(27)29-16(10)14)23-18-13(17(22)26)8-25(24-18)15-9-28-4-2-11(15)7-21/h1,3,5-6,8,11,15,27H,2,4,9H2,(H2,22,26)(H,23,24)/t11-,15+/m1/s1. The fourth-order valence-electron chi connectivity index (χ4n) is 3.39. The number of rotatable bonds is 4. The number of carbonyl (C=O) groups is 1. The molecule has 1 fully saturated rings. The maximum atomic E-state index is 11.9. The van der Waals surface area contributed by atoms with Crippen molar-refractivity contribution >= 4 is 42.2 Å². The van der Waals surface area contributed by atoms with Crippen molar-refractivity contribution in [2.75, 3.05) is 18.5 Å². The topological polar surface area (TPSA) is 135 Å². The highest BCUT2D eigenvalue weighted by atomic mass is 35.5. The SMILES string of the molecule is N#C[C@H]1CCOC[C@@H]1n1cc(C(N)=O)c(Nc2cc(Cl)c3c(c2)C=CB(O)O3)n1. The lowest BCUT2D eigenvalue weighted by Crippen LogP contribution is -2.29. The smallest absolute Gasteiger partial charge is 0.531 e. The lowest BCUT2D eigenvalue weighted by Gasteiger charge is -2.26. The van der Waals surface area contributed by atoms with E-state index in [4.69, 9.17) is 26.7 Å². The van der Waals surface area contributed by atoms with Gasteiger partial charge in [-0.2, -0.15) is 10.4 Å². The first-order valence-corrected chi connectivity index (χ1v) is 9.34. The van der Waals surface area contributed by atoms with E-state index >= 15 is 0 Å². The summed E-state index contributed by atoms with van der Waals surface area (Å²) < 4.78 is 12.3. The monoisotopic (exact) mass is 413 g/mol. The Morgan fingerprint density at radius 2 is 2.34 bits per heavy atom. The van der Waals surface area contributed by atoms with Gasteiger partial charge >= 0.3 is 7.12 Å². The fourth-order valence-corrected chi connectivity index (χ4v) is 3.66. The molecule has 2 atom stereocenters. The first-order valence-electron chi connectivity index (χ1n) is 8.96. The van der Waals surface area contributed by atoms with Crippen LogP contribution < -0.4 is 15.7 Å². The van der Waals surface area contributed by atoms with Crippen LogP contribution in [0, 0.1) is 17.2 Å². The number of nitriles is 1. The average Bonchev–Trinajstić information content (AvgIpc) is 3.12. The molecule has 0 radical (unpaired) electrons. The van der Waals surface area contributed by atoms with Crippen molar-refractivity contribution in [2.24, 2.45) is 11.7 Å². The summed E-state index contributed by atoms with van der Waals surface area (Å²) >= 11 is 6.27. The van der Waals surface area contributed by atoms with E-state index in [1.165, 1.54) is 12.2 Å². The summed E-state index contributed by atoms with van der Waals surface area (Å²) in [6.45, 7) is 0.842. The number of ether oxygens (including phenoxy) is 1. The van der Waals surface area contributed by atoms with Crippen molar-refractivity contribution in [2.45, 2.75) is 12.5 Å². The summed E-state index contributed by atoms with van der Waals surface area (Å²) in [5, 5.41) is 26.8. The first kappa shape index (κ1) is 19.3. The van der Waals surface area contributed by atoms with Crippen molar-refractivity contribution in [1.29, 1.82) is 5.26 Å². The van der Waals surface area contributed by atoms with Crippen LogP contribution in [-0.2, 0) is 4.74 Å². The number of anilines is 2. The maximum absolute atomic E-state index is 11.9. The predicted octanol–water partition coefficient (Wildman–Crippen LogP) is 1.91. The summed E-state index contributed by atoms with van der Waals surface area (Å²) in [5.74, 6) is 1.17. The Balaban J connectivity index is 1.67. The van der Waals surface area contributed by atoms with E-state index in [1.807, 2.05) is 0 Å². The predicted molar refractivity (Wildman–Crippen MR) is 107 cm³/mol. The van der Waals surface area contributed by atoms with Gasteiger partial charge in [-0.15, -0.1) is 0 Å². The van der Waals surface area contributed by atoms with Gasteiger partial charge in [0.2, 0.25) is 0 Å². The Hall–Kier alpha value is -3.00. The molecule has 29 heavy (non-hydrogen) atoms. The minimum absolute atomic E-state index is 0.184. The zero-order valence-electron chi connectivity index (χ0n) is 15.2. The number of hydrogen-bond acceptors (Lipinski definition) is 7. The number of amides is 1. The number of nitrogens with zero attached hydrogens (tertiary/aromatic N) is 3. The van der Waals surface area contributed by atoms with Crippen molar-refractivity contribution in [1.82, 2.24) is 9.78 Å². The number of halogens is 1. The molecule has 1 saturated heterocycles. The molecule has 0 spiro atoms. The minimum atomic E-state index is -1.05. The highest BCUT2D eigenvalue weighted by Crippen LogP contribution is 2.37. The number of nitrogens with two attached hydrogens (primary N) is 1. The number of fused-ring (bicyclic) bond motifs is 1. The lowest BCUT2D eigenvalue weighted by atomic mass is 9.86. The molecule has 2 aromatic rings. The van der Waals surface area contributed by atoms with E-state index in [9.17, 15) is 15.1 Å². The Labute approximate surface area is 171 Å². The van der Waals surface area contributed by atoms with Crippen LogP contribution in [-0.4, -0.2) is 41.0 Å². The van der Waals surface area contributed by atoms with Crippen LogP contribution in [0.3, 0.4) is 0 Å². The second kappa shape index (κ2) is 7.79. The molecule has 11 heteroatoms. The number of primary amides is 1. The Kier molecular flexibility index (Phi) is 5.19. The molecule has 0 unspecified atom stereocenters. The highest BCUT2D eigenvalue weighted by molar-refractivity contribution is 6.52. The second-order valence-corrected chi connectivity index (χ2v) is 7.18. The minimum Gasteiger partial charge on any atom is -0.531 e. The van der Waals surface area contributed by atoms with Gasteiger partial charge in [0, 0.05) is 24.1 Å². The Bertz CT molecular complexity index is 1030. The van der Waals surface area contributed by atoms with Crippen molar-refractivity contribution < 1.29 is 19.2 Å². The van der Waals surface area contributed by atoms with Gasteiger partial charge in [0.1, 0.15) is 11.3 Å². The summed E-state index contributed by atoms with van der Waals surface area (Å²) in [5.41, 5.74) is 6.93. The molecule has 1 aromatic heterocycles.